The largest absolute Gasteiger partial charge is 0.312 e. The lowest BCUT2D eigenvalue weighted by molar-refractivity contribution is 0.660. The molecule has 0 bridgehead atoms. The summed E-state index contributed by atoms with van der Waals surface area (Å²) in [6.45, 7) is 1.71. The molecule has 0 aliphatic rings. The minimum Gasteiger partial charge on any atom is -0.312 e. The predicted molar refractivity (Wildman–Crippen MR) is 59.6 cm³/mol. The molecule has 2 aromatic rings. The number of hydrogen-bond acceptors (Lipinski definition) is 4. The summed E-state index contributed by atoms with van der Waals surface area (Å²) in [4.78, 5) is 4.16. The lowest BCUT2D eigenvalue weighted by Crippen LogP contribution is -2.17. The Kier molecular flexibility index (Phi) is 3.31. The van der Waals surface area contributed by atoms with E-state index in [1.165, 1.54) is 5.56 Å². The van der Waals surface area contributed by atoms with Gasteiger partial charge in [-0.1, -0.05) is 0 Å². The van der Waals surface area contributed by atoms with Crippen molar-refractivity contribution in [3.63, 3.8) is 0 Å². The molecular weight excluding hydrogens is 204 g/mol. The van der Waals surface area contributed by atoms with Gasteiger partial charge in [0.15, 0.2) is 5.82 Å². The van der Waals surface area contributed by atoms with Gasteiger partial charge in [-0.25, -0.2) is 4.98 Å². The fourth-order valence-electron chi connectivity index (χ4n) is 1.49. The first-order valence-electron chi connectivity index (χ1n) is 5.27. The topological polar surface area (TPSA) is 60.6 Å². The van der Waals surface area contributed by atoms with Gasteiger partial charge in [-0.05, 0) is 0 Å². The van der Waals surface area contributed by atoms with E-state index in [-0.39, 0.29) is 0 Å². The molecule has 0 spiro atoms. The van der Waals surface area contributed by atoms with Gasteiger partial charge in [-0.2, -0.15) is 10.2 Å². The Labute approximate surface area is 94.3 Å². The van der Waals surface area contributed by atoms with E-state index in [9.17, 15) is 0 Å². The summed E-state index contributed by atoms with van der Waals surface area (Å²) >= 11 is 0. The number of aromatic nitrogens is 5. The first-order valence-corrected chi connectivity index (χ1v) is 5.27. The van der Waals surface area contributed by atoms with Crippen molar-refractivity contribution in [3.8, 4) is 0 Å². The SMILES string of the molecule is Cn1cc(CNCCc2ncn(C)n2)cn1. The highest BCUT2D eigenvalue weighted by molar-refractivity contribution is 5.02. The molecule has 2 heterocycles. The van der Waals surface area contributed by atoms with Crippen LogP contribution in [0, 0.1) is 0 Å². The molecule has 0 atom stereocenters. The highest BCUT2D eigenvalue weighted by atomic mass is 15.3. The molecule has 6 heteroatoms. The van der Waals surface area contributed by atoms with Crippen LogP contribution in [0.5, 0.6) is 0 Å². The van der Waals surface area contributed by atoms with Crippen LogP contribution in [0.15, 0.2) is 18.7 Å². The second-order valence-corrected chi connectivity index (χ2v) is 3.78. The second kappa shape index (κ2) is 4.89. The Morgan fingerprint density at radius 3 is 2.81 bits per heavy atom. The first kappa shape index (κ1) is 10.8. The van der Waals surface area contributed by atoms with E-state index in [1.807, 2.05) is 26.5 Å². The molecule has 0 aromatic carbocycles. The maximum atomic E-state index is 4.21. The normalized spacial score (nSPS) is 10.9. The zero-order valence-electron chi connectivity index (χ0n) is 9.59. The number of hydrogen-bond donors (Lipinski definition) is 1. The molecule has 0 radical (unpaired) electrons. The van der Waals surface area contributed by atoms with Crippen LogP contribution in [0.1, 0.15) is 11.4 Å². The fraction of sp³-hybridized carbons (Fsp3) is 0.500. The molecule has 1 N–H and O–H groups in total. The smallest absolute Gasteiger partial charge is 0.151 e. The van der Waals surface area contributed by atoms with Gasteiger partial charge in [0.2, 0.25) is 0 Å². The Morgan fingerprint density at radius 2 is 2.19 bits per heavy atom. The summed E-state index contributed by atoms with van der Waals surface area (Å²) in [6.07, 6.45) is 6.44. The van der Waals surface area contributed by atoms with Crippen LogP contribution in [-0.4, -0.2) is 31.1 Å². The quantitative estimate of drug-likeness (QED) is 0.714. The zero-order valence-corrected chi connectivity index (χ0v) is 9.59. The lowest BCUT2D eigenvalue weighted by Gasteiger charge is -1.99. The molecule has 2 aromatic heterocycles. The maximum absolute atomic E-state index is 4.21. The van der Waals surface area contributed by atoms with E-state index < -0.39 is 0 Å². The average Bonchev–Trinajstić information content (AvgIpc) is 2.83. The first-order chi connectivity index (χ1) is 7.74. The Bertz CT molecular complexity index is 401. The van der Waals surface area contributed by atoms with Crippen molar-refractivity contribution in [1.82, 2.24) is 29.9 Å². The third-order valence-corrected chi connectivity index (χ3v) is 2.26. The van der Waals surface area contributed by atoms with Gasteiger partial charge in [0.1, 0.15) is 6.33 Å². The zero-order chi connectivity index (χ0) is 11.4. The highest BCUT2D eigenvalue weighted by Gasteiger charge is 1.99. The Morgan fingerprint density at radius 1 is 1.31 bits per heavy atom. The van der Waals surface area contributed by atoms with Crippen molar-refractivity contribution < 1.29 is 0 Å². The van der Waals surface area contributed by atoms with Crippen LogP contribution in [0.25, 0.3) is 0 Å². The Balaban J connectivity index is 1.69. The van der Waals surface area contributed by atoms with Crippen molar-refractivity contribution in [2.45, 2.75) is 13.0 Å². The highest BCUT2D eigenvalue weighted by Crippen LogP contribution is 1.95. The van der Waals surface area contributed by atoms with E-state index in [4.69, 9.17) is 0 Å². The van der Waals surface area contributed by atoms with Crippen LogP contribution in [0.2, 0.25) is 0 Å². The summed E-state index contributed by atoms with van der Waals surface area (Å²) in [5, 5.41) is 11.6. The predicted octanol–water partition coefficient (Wildman–Crippen LogP) is -0.119. The van der Waals surface area contributed by atoms with Crippen molar-refractivity contribution in [1.29, 1.82) is 0 Å². The molecule has 0 saturated heterocycles. The van der Waals surface area contributed by atoms with E-state index in [0.717, 1.165) is 25.3 Å². The van der Waals surface area contributed by atoms with Gasteiger partial charge in [0.25, 0.3) is 0 Å². The van der Waals surface area contributed by atoms with Crippen LogP contribution in [0.3, 0.4) is 0 Å². The monoisotopic (exact) mass is 220 g/mol. The molecule has 0 aliphatic carbocycles. The molecule has 2 rings (SSSR count). The van der Waals surface area contributed by atoms with E-state index in [2.05, 4.69) is 20.5 Å². The number of nitrogens with one attached hydrogen (secondary N) is 1. The third-order valence-electron chi connectivity index (χ3n) is 2.26. The van der Waals surface area contributed by atoms with Crippen molar-refractivity contribution in [2.24, 2.45) is 14.1 Å². The van der Waals surface area contributed by atoms with E-state index >= 15 is 0 Å². The van der Waals surface area contributed by atoms with Crippen LogP contribution >= 0.6 is 0 Å². The van der Waals surface area contributed by atoms with Gasteiger partial charge < -0.3 is 5.32 Å². The van der Waals surface area contributed by atoms with Gasteiger partial charge in [-0.3, -0.25) is 9.36 Å². The van der Waals surface area contributed by atoms with Crippen molar-refractivity contribution in [3.05, 3.63) is 30.1 Å². The molecule has 0 saturated carbocycles. The van der Waals surface area contributed by atoms with Gasteiger partial charge in [0.05, 0.1) is 6.20 Å². The second-order valence-electron chi connectivity index (χ2n) is 3.78. The standard InChI is InChI=1S/C10H16N6/c1-15-7-9(6-13-15)5-11-4-3-10-12-8-16(2)14-10/h6-8,11H,3-5H2,1-2H3. The van der Waals surface area contributed by atoms with Crippen LogP contribution in [0.4, 0.5) is 0 Å². The van der Waals surface area contributed by atoms with Crippen LogP contribution < -0.4 is 5.32 Å². The van der Waals surface area contributed by atoms with Crippen molar-refractivity contribution >= 4 is 0 Å². The van der Waals surface area contributed by atoms with E-state index in [1.54, 1.807) is 15.7 Å². The van der Waals surface area contributed by atoms with Gasteiger partial charge in [0, 0.05) is 45.4 Å². The van der Waals surface area contributed by atoms with Gasteiger partial charge >= 0.3 is 0 Å². The third kappa shape index (κ3) is 2.90. The summed E-state index contributed by atoms with van der Waals surface area (Å²) in [7, 11) is 3.79. The number of aryl methyl sites for hydroxylation is 2. The minimum absolute atomic E-state index is 0.834. The molecule has 0 fully saturated rings. The minimum atomic E-state index is 0.834. The average molecular weight is 220 g/mol. The molecule has 16 heavy (non-hydrogen) atoms. The lowest BCUT2D eigenvalue weighted by atomic mass is 10.3. The molecule has 0 aliphatic heterocycles. The summed E-state index contributed by atoms with van der Waals surface area (Å²) < 4.78 is 3.52. The molecule has 0 amide bonds. The summed E-state index contributed by atoms with van der Waals surface area (Å²) in [5.74, 6) is 0.876. The number of nitrogens with zero attached hydrogens (tertiary/aromatic N) is 5. The molecule has 6 nitrogen and oxygen atoms in total. The molecular formula is C10H16N6. The summed E-state index contributed by atoms with van der Waals surface area (Å²) in [6, 6.07) is 0. The Hall–Kier alpha value is -1.69. The van der Waals surface area contributed by atoms with Crippen LogP contribution in [-0.2, 0) is 27.1 Å². The molecule has 86 valence electrons. The number of rotatable bonds is 5. The summed E-state index contributed by atoms with van der Waals surface area (Å²) in [5.41, 5.74) is 1.19. The van der Waals surface area contributed by atoms with Crippen molar-refractivity contribution in [2.75, 3.05) is 6.54 Å². The maximum Gasteiger partial charge on any atom is 0.151 e. The molecule has 0 unspecified atom stereocenters. The van der Waals surface area contributed by atoms with Gasteiger partial charge in [-0.15, -0.1) is 0 Å². The fourth-order valence-corrected chi connectivity index (χ4v) is 1.49. The van der Waals surface area contributed by atoms with E-state index in [0.29, 0.717) is 0 Å².